The molecule has 0 spiro atoms. The van der Waals surface area contributed by atoms with Gasteiger partial charge in [-0.05, 0) is 52.7 Å². The molecule has 2 atom stereocenters. The van der Waals surface area contributed by atoms with E-state index in [9.17, 15) is 8.42 Å². The maximum Gasteiger partial charge on any atom is 0.241 e. The molecule has 0 aromatic heterocycles. The molecule has 6 heteroatoms. The van der Waals surface area contributed by atoms with Crippen LogP contribution in [0.25, 0.3) is 0 Å². The summed E-state index contributed by atoms with van der Waals surface area (Å²) in [5.41, 5.74) is 0. The Kier molecular flexibility index (Phi) is 5.29. The molecule has 106 valence electrons. The van der Waals surface area contributed by atoms with Crippen LogP contribution >= 0.6 is 27.5 Å². The molecule has 1 aromatic carbocycles. The highest BCUT2D eigenvalue weighted by molar-refractivity contribution is 9.10. The Hall–Kier alpha value is -0.100. The minimum absolute atomic E-state index is 0.287. The molecule has 1 aromatic rings. The number of hydrogen-bond donors (Lipinski definition) is 1. The SMILES string of the molecule is O=S(=O)(NCC1CCCC1CCl)c1ccccc1Br. The lowest BCUT2D eigenvalue weighted by atomic mass is 9.98. The molecule has 0 bridgehead atoms. The molecule has 19 heavy (non-hydrogen) atoms. The van der Waals surface area contributed by atoms with Gasteiger partial charge in [0.1, 0.15) is 0 Å². The van der Waals surface area contributed by atoms with Gasteiger partial charge in [-0.1, -0.05) is 18.6 Å². The highest BCUT2D eigenvalue weighted by Gasteiger charge is 2.28. The van der Waals surface area contributed by atoms with Crippen molar-refractivity contribution in [3.05, 3.63) is 28.7 Å². The van der Waals surface area contributed by atoms with Crippen molar-refractivity contribution in [1.29, 1.82) is 0 Å². The van der Waals surface area contributed by atoms with E-state index in [1.54, 1.807) is 24.3 Å². The summed E-state index contributed by atoms with van der Waals surface area (Å²) in [5, 5.41) is 0. The zero-order valence-corrected chi connectivity index (χ0v) is 13.6. The average molecular weight is 367 g/mol. The zero-order valence-electron chi connectivity index (χ0n) is 10.5. The van der Waals surface area contributed by atoms with Gasteiger partial charge in [0.2, 0.25) is 10.0 Å². The third-order valence-electron chi connectivity index (χ3n) is 3.68. The Balaban J connectivity index is 2.04. The summed E-state index contributed by atoms with van der Waals surface area (Å²) in [7, 11) is -3.45. The van der Waals surface area contributed by atoms with Crippen molar-refractivity contribution in [2.24, 2.45) is 11.8 Å². The van der Waals surface area contributed by atoms with Gasteiger partial charge in [0.15, 0.2) is 0 Å². The van der Waals surface area contributed by atoms with Gasteiger partial charge in [0.25, 0.3) is 0 Å². The minimum atomic E-state index is -3.45. The number of rotatable bonds is 5. The van der Waals surface area contributed by atoms with Crippen LogP contribution in [0.4, 0.5) is 0 Å². The monoisotopic (exact) mass is 365 g/mol. The van der Waals surface area contributed by atoms with Gasteiger partial charge >= 0.3 is 0 Å². The van der Waals surface area contributed by atoms with Gasteiger partial charge in [0, 0.05) is 16.9 Å². The van der Waals surface area contributed by atoms with E-state index in [-0.39, 0.29) is 4.90 Å². The number of benzene rings is 1. The third kappa shape index (κ3) is 3.72. The minimum Gasteiger partial charge on any atom is -0.211 e. The van der Waals surface area contributed by atoms with E-state index in [0.717, 1.165) is 19.3 Å². The molecule has 3 nitrogen and oxygen atoms in total. The molecule has 0 saturated heterocycles. The first-order valence-corrected chi connectivity index (χ1v) is 9.16. The van der Waals surface area contributed by atoms with Crippen LogP contribution in [0.3, 0.4) is 0 Å². The average Bonchev–Trinajstić information content (AvgIpc) is 2.84. The molecular formula is C13H17BrClNO2S. The quantitative estimate of drug-likeness (QED) is 0.812. The van der Waals surface area contributed by atoms with E-state index in [4.69, 9.17) is 11.6 Å². The lowest BCUT2D eigenvalue weighted by Crippen LogP contribution is -2.31. The number of nitrogens with one attached hydrogen (secondary N) is 1. The summed E-state index contributed by atoms with van der Waals surface area (Å²) < 4.78 is 27.8. The maximum absolute atomic E-state index is 12.2. The van der Waals surface area contributed by atoms with E-state index in [1.165, 1.54) is 0 Å². The van der Waals surface area contributed by atoms with Gasteiger partial charge < -0.3 is 0 Å². The summed E-state index contributed by atoms with van der Waals surface area (Å²) in [6.45, 7) is 0.473. The second-order valence-electron chi connectivity index (χ2n) is 4.89. The summed E-state index contributed by atoms with van der Waals surface area (Å²) in [6, 6.07) is 6.84. The fraction of sp³-hybridized carbons (Fsp3) is 0.538. The predicted molar refractivity (Wildman–Crippen MR) is 80.9 cm³/mol. The Morgan fingerprint density at radius 2 is 1.95 bits per heavy atom. The van der Waals surface area contributed by atoms with Crippen molar-refractivity contribution in [2.75, 3.05) is 12.4 Å². The van der Waals surface area contributed by atoms with Gasteiger partial charge in [-0.15, -0.1) is 11.6 Å². The Morgan fingerprint density at radius 3 is 2.63 bits per heavy atom. The van der Waals surface area contributed by atoms with Crippen molar-refractivity contribution in [1.82, 2.24) is 4.72 Å². The zero-order chi connectivity index (χ0) is 13.9. The predicted octanol–water partition coefficient (Wildman–Crippen LogP) is 3.38. The first-order chi connectivity index (χ1) is 9.04. The summed E-state index contributed by atoms with van der Waals surface area (Å²) >= 11 is 9.18. The molecule has 0 amide bonds. The van der Waals surface area contributed by atoms with E-state index >= 15 is 0 Å². The van der Waals surface area contributed by atoms with Gasteiger partial charge in [0.05, 0.1) is 4.90 Å². The largest absolute Gasteiger partial charge is 0.241 e. The van der Waals surface area contributed by atoms with Crippen molar-refractivity contribution in [3.63, 3.8) is 0 Å². The van der Waals surface area contributed by atoms with E-state index in [2.05, 4.69) is 20.7 Å². The molecule has 1 aliphatic carbocycles. The molecule has 1 aliphatic rings. The van der Waals surface area contributed by atoms with Crippen molar-refractivity contribution in [2.45, 2.75) is 24.2 Å². The van der Waals surface area contributed by atoms with E-state index < -0.39 is 10.0 Å². The van der Waals surface area contributed by atoms with Crippen LogP contribution < -0.4 is 4.72 Å². The third-order valence-corrected chi connectivity index (χ3v) is 6.51. The van der Waals surface area contributed by atoms with Crippen LogP contribution in [-0.2, 0) is 10.0 Å². The number of alkyl halides is 1. The number of sulfonamides is 1. The van der Waals surface area contributed by atoms with Crippen LogP contribution in [0.2, 0.25) is 0 Å². The molecule has 0 radical (unpaired) electrons. The van der Waals surface area contributed by atoms with Crippen molar-refractivity contribution < 1.29 is 8.42 Å². The van der Waals surface area contributed by atoms with Gasteiger partial charge in [-0.25, -0.2) is 13.1 Å². The second-order valence-corrected chi connectivity index (χ2v) is 7.79. The van der Waals surface area contributed by atoms with Gasteiger partial charge in [-0.3, -0.25) is 0 Å². The molecule has 1 fully saturated rings. The van der Waals surface area contributed by atoms with Crippen LogP contribution in [-0.4, -0.2) is 20.8 Å². The molecular weight excluding hydrogens is 350 g/mol. The Bertz CT molecular complexity index is 535. The fourth-order valence-electron chi connectivity index (χ4n) is 2.54. The van der Waals surface area contributed by atoms with E-state index in [0.29, 0.717) is 28.7 Å². The van der Waals surface area contributed by atoms with Crippen molar-refractivity contribution >= 4 is 37.6 Å². The smallest absolute Gasteiger partial charge is 0.211 e. The first kappa shape index (κ1) is 15.3. The molecule has 2 unspecified atom stereocenters. The molecule has 1 saturated carbocycles. The summed E-state index contributed by atoms with van der Waals surface area (Å²) in [4.78, 5) is 0.287. The molecule has 0 aliphatic heterocycles. The van der Waals surface area contributed by atoms with Crippen LogP contribution in [0, 0.1) is 11.8 Å². The van der Waals surface area contributed by atoms with Gasteiger partial charge in [-0.2, -0.15) is 0 Å². The molecule has 1 N–H and O–H groups in total. The van der Waals surface area contributed by atoms with E-state index in [1.807, 2.05) is 0 Å². The van der Waals surface area contributed by atoms with Crippen LogP contribution in [0.15, 0.2) is 33.6 Å². The number of hydrogen-bond acceptors (Lipinski definition) is 2. The lowest BCUT2D eigenvalue weighted by Gasteiger charge is -2.18. The second kappa shape index (κ2) is 6.57. The first-order valence-electron chi connectivity index (χ1n) is 6.35. The molecule has 0 heterocycles. The molecule has 2 rings (SSSR count). The standard InChI is InChI=1S/C13H17BrClNO2S/c14-12-6-1-2-7-13(12)19(17,18)16-9-11-5-3-4-10(11)8-15/h1-2,6-7,10-11,16H,3-5,8-9H2. The lowest BCUT2D eigenvalue weighted by molar-refractivity contribution is 0.418. The fourth-order valence-corrected chi connectivity index (χ4v) is 5.04. The van der Waals surface area contributed by atoms with Crippen LogP contribution in [0.1, 0.15) is 19.3 Å². The Labute approximate surface area is 127 Å². The number of halogens is 2. The topological polar surface area (TPSA) is 46.2 Å². The summed E-state index contributed by atoms with van der Waals surface area (Å²) in [6.07, 6.45) is 3.29. The van der Waals surface area contributed by atoms with Crippen molar-refractivity contribution in [3.8, 4) is 0 Å². The normalized spacial score (nSPS) is 23.7. The van der Waals surface area contributed by atoms with Crippen LogP contribution in [0.5, 0.6) is 0 Å². The highest BCUT2D eigenvalue weighted by Crippen LogP contribution is 2.32. The maximum atomic E-state index is 12.2. The highest BCUT2D eigenvalue weighted by atomic mass is 79.9. The summed E-state index contributed by atoms with van der Waals surface area (Å²) in [5.74, 6) is 1.40. The Morgan fingerprint density at radius 1 is 1.26 bits per heavy atom.